The maximum Gasteiger partial charge on any atom is 0.301 e. The number of fused-ring (bicyclic) bond motifs is 2. The van der Waals surface area contributed by atoms with E-state index in [0.717, 1.165) is 16.0 Å². The van der Waals surface area contributed by atoms with Crippen LogP contribution in [0.2, 0.25) is 10.0 Å². The first kappa shape index (κ1) is 25.7. The largest absolute Gasteiger partial charge is 0.507 e. The number of amides is 1. The smallest absolute Gasteiger partial charge is 0.301 e. The Morgan fingerprint density at radius 2 is 1.95 bits per heavy atom. The number of benzene rings is 3. The number of Topliss-reactive ketones (excluding diaryl/α,β-unsaturated/α-hetero) is 1. The highest BCUT2D eigenvalue weighted by atomic mass is 35.5. The van der Waals surface area contributed by atoms with Crippen molar-refractivity contribution in [1.82, 2.24) is 4.98 Å². The van der Waals surface area contributed by atoms with Gasteiger partial charge in [0.05, 0.1) is 38.5 Å². The van der Waals surface area contributed by atoms with E-state index in [4.69, 9.17) is 32.7 Å². The second-order valence-electron chi connectivity index (χ2n) is 9.36. The molecule has 3 heterocycles. The van der Waals surface area contributed by atoms with Gasteiger partial charge in [0, 0.05) is 12.0 Å². The highest BCUT2D eigenvalue weighted by molar-refractivity contribution is 7.22. The number of aliphatic hydroxyl groups is 1. The average molecular weight is 581 g/mol. The van der Waals surface area contributed by atoms with Crippen LogP contribution in [0.25, 0.3) is 16.0 Å². The summed E-state index contributed by atoms with van der Waals surface area (Å²) in [7, 11) is 0. The first-order chi connectivity index (χ1) is 18.7. The summed E-state index contributed by atoms with van der Waals surface area (Å²) in [5.74, 6) is -0.480. The number of anilines is 1. The Kier molecular flexibility index (Phi) is 6.49. The summed E-state index contributed by atoms with van der Waals surface area (Å²) in [5.41, 5.74) is 2.45. The lowest BCUT2D eigenvalue weighted by molar-refractivity contribution is -0.132. The Morgan fingerprint density at radius 1 is 1.13 bits per heavy atom. The van der Waals surface area contributed by atoms with Crippen LogP contribution >= 0.6 is 34.5 Å². The molecule has 0 aliphatic carbocycles. The molecule has 0 spiro atoms. The Morgan fingerprint density at radius 3 is 2.72 bits per heavy atom. The van der Waals surface area contributed by atoms with Crippen molar-refractivity contribution in [3.8, 4) is 11.5 Å². The summed E-state index contributed by atoms with van der Waals surface area (Å²) in [6.45, 7) is 4.37. The van der Waals surface area contributed by atoms with Crippen LogP contribution < -0.4 is 14.4 Å². The maximum atomic E-state index is 13.6. The lowest BCUT2D eigenvalue weighted by atomic mass is 9.94. The molecular weight excluding hydrogens is 559 g/mol. The van der Waals surface area contributed by atoms with Crippen LogP contribution in [-0.2, 0) is 16.0 Å². The van der Waals surface area contributed by atoms with Crippen molar-refractivity contribution in [3.05, 3.63) is 86.9 Å². The van der Waals surface area contributed by atoms with Crippen molar-refractivity contribution in [2.45, 2.75) is 32.4 Å². The van der Waals surface area contributed by atoms with E-state index in [1.165, 1.54) is 16.2 Å². The summed E-state index contributed by atoms with van der Waals surface area (Å²) >= 11 is 13.8. The number of ether oxygens (including phenoxy) is 2. The lowest BCUT2D eigenvalue weighted by Gasteiger charge is -2.23. The van der Waals surface area contributed by atoms with Crippen LogP contribution in [0.15, 0.2) is 60.2 Å². The van der Waals surface area contributed by atoms with E-state index in [0.29, 0.717) is 45.6 Å². The van der Waals surface area contributed by atoms with Gasteiger partial charge < -0.3 is 14.6 Å². The third-order valence-electron chi connectivity index (χ3n) is 6.74. The number of carbonyl (C=O) groups excluding carboxylic acids is 2. The Bertz CT molecular complexity index is 1700. The lowest BCUT2D eigenvalue weighted by Crippen LogP contribution is -2.29. The highest BCUT2D eigenvalue weighted by Gasteiger charge is 2.48. The van der Waals surface area contributed by atoms with Gasteiger partial charge in [-0.2, -0.15) is 0 Å². The molecule has 1 fully saturated rings. The molecule has 2 aliphatic rings. The second-order valence-corrected chi connectivity index (χ2v) is 11.2. The summed E-state index contributed by atoms with van der Waals surface area (Å²) < 4.78 is 12.2. The Labute approximate surface area is 238 Å². The molecule has 1 amide bonds. The molecule has 0 saturated carbocycles. The zero-order chi connectivity index (χ0) is 27.4. The predicted molar refractivity (Wildman–Crippen MR) is 152 cm³/mol. The van der Waals surface area contributed by atoms with Gasteiger partial charge in [-0.15, -0.1) is 0 Å². The van der Waals surface area contributed by atoms with Gasteiger partial charge in [0.1, 0.15) is 23.4 Å². The third kappa shape index (κ3) is 4.42. The Balaban J connectivity index is 1.52. The molecule has 7 nitrogen and oxygen atoms in total. The quantitative estimate of drug-likeness (QED) is 0.156. The standard InChI is InChI=1S/C29H22Cl2N2O5S/c1-3-37-18-6-8-21-23(13-18)39-29(32-21)33-25(15-4-7-19(30)20(31)12-15)24(27(35)28(33)36)26(34)16-5-9-22-17(11-16)10-14(2)38-22/h4-9,11-14,25,34H,3,10H2,1-2H3/b26-24+/t14-,25-/m1/s1. The summed E-state index contributed by atoms with van der Waals surface area (Å²) in [6, 6.07) is 14.6. The number of rotatable bonds is 5. The fourth-order valence-corrected chi connectivity index (χ4v) is 6.33. The fourth-order valence-electron chi connectivity index (χ4n) is 5.00. The van der Waals surface area contributed by atoms with E-state index >= 15 is 0 Å². The van der Waals surface area contributed by atoms with Crippen molar-refractivity contribution in [3.63, 3.8) is 0 Å². The van der Waals surface area contributed by atoms with Gasteiger partial charge in [0.15, 0.2) is 5.13 Å². The van der Waals surface area contributed by atoms with Crippen molar-refractivity contribution in [2.24, 2.45) is 0 Å². The van der Waals surface area contributed by atoms with E-state index in [9.17, 15) is 14.7 Å². The fraction of sp³-hybridized carbons (Fsp3) is 0.207. The minimum absolute atomic E-state index is 0.0152. The predicted octanol–water partition coefficient (Wildman–Crippen LogP) is 6.95. The molecule has 3 aromatic carbocycles. The van der Waals surface area contributed by atoms with Crippen LogP contribution in [0.1, 0.15) is 36.6 Å². The minimum Gasteiger partial charge on any atom is -0.507 e. The maximum absolute atomic E-state index is 13.6. The van der Waals surface area contributed by atoms with E-state index in [2.05, 4.69) is 4.98 Å². The third-order valence-corrected chi connectivity index (χ3v) is 8.50. The van der Waals surface area contributed by atoms with E-state index < -0.39 is 17.7 Å². The minimum atomic E-state index is -0.977. The van der Waals surface area contributed by atoms with Crippen molar-refractivity contribution in [1.29, 1.82) is 0 Å². The number of ketones is 1. The van der Waals surface area contributed by atoms with Crippen LogP contribution in [0.5, 0.6) is 11.5 Å². The molecule has 4 aromatic rings. The Hall–Kier alpha value is -3.59. The zero-order valence-electron chi connectivity index (χ0n) is 20.9. The van der Waals surface area contributed by atoms with E-state index in [-0.39, 0.29) is 22.5 Å². The van der Waals surface area contributed by atoms with Gasteiger partial charge in [-0.3, -0.25) is 14.5 Å². The van der Waals surface area contributed by atoms with Crippen LogP contribution in [0.3, 0.4) is 0 Å². The topological polar surface area (TPSA) is 89.0 Å². The number of hydrogen-bond donors (Lipinski definition) is 1. The molecule has 198 valence electrons. The number of hydrogen-bond acceptors (Lipinski definition) is 7. The molecule has 0 radical (unpaired) electrons. The molecule has 6 rings (SSSR count). The first-order valence-corrected chi connectivity index (χ1v) is 13.9. The number of carbonyl (C=O) groups is 2. The van der Waals surface area contributed by atoms with Gasteiger partial charge in [-0.05, 0) is 73.5 Å². The summed E-state index contributed by atoms with van der Waals surface area (Å²) in [4.78, 5) is 33.1. The monoisotopic (exact) mass is 580 g/mol. The van der Waals surface area contributed by atoms with E-state index in [1.54, 1.807) is 48.5 Å². The highest BCUT2D eigenvalue weighted by Crippen LogP contribution is 2.46. The van der Waals surface area contributed by atoms with Gasteiger partial charge >= 0.3 is 5.91 Å². The number of halogens is 2. The number of thiazole rings is 1. The van der Waals surface area contributed by atoms with Crippen molar-refractivity contribution in [2.75, 3.05) is 11.5 Å². The molecular formula is C29H22Cl2N2O5S. The molecule has 10 heteroatoms. The van der Waals surface area contributed by atoms with Gasteiger partial charge in [0.2, 0.25) is 0 Å². The second kappa shape index (κ2) is 9.86. The molecule has 1 saturated heterocycles. The molecule has 2 atom stereocenters. The molecule has 1 aromatic heterocycles. The number of nitrogens with zero attached hydrogens (tertiary/aromatic N) is 2. The molecule has 0 bridgehead atoms. The van der Waals surface area contributed by atoms with Crippen LogP contribution in [-0.4, -0.2) is 34.5 Å². The molecule has 39 heavy (non-hydrogen) atoms. The zero-order valence-corrected chi connectivity index (χ0v) is 23.2. The molecule has 2 aliphatic heterocycles. The average Bonchev–Trinajstić information content (AvgIpc) is 3.57. The number of aromatic nitrogens is 1. The first-order valence-electron chi connectivity index (χ1n) is 12.3. The van der Waals surface area contributed by atoms with Crippen LogP contribution in [0.4, 0.5) is 5.13 Å². The van der Waals surface area contributed by atoms with Gasteiger partial charge in [-0.25, -0.2) is 4.98 Å². The van der Waals surface area contributed by atoms with Gasteiger partial charge in [-0.1, -0.05) is 40.6 Å². The van der Waals surface area contributed by atoms with E-state index in [1.807, 2.05) is 19.9 Å². The SMILES string of the molecule is CCOc1ccc2nc(N3C(=O)C(=O)/C(=C(/O)c4ccc5c(c4)C[C@@H](C)O5)[C@H]3c3ccc(Cl)c(Cl)c3)sc2c1. The normalized spacial score (nSPS) is 19.9. The molecule has 1 N–H and O–H groups in total. The summed E-state index contributed by atoms with van der Waals surface area (Å²) in [5, 5.41) is 12.4. The summed E-state index contributed by atoms with van der Waals surface area (Å²) in [6.07, 6.45) is 0.692. The number of aliphatic hydroxyl groups excluding tert-OH is 1. The van der Waals surface area contributed by atoms with Crippen molar-refractivity contribution < 1.29 is 24.2 Å². The molecule has 0 unspecified atom stereocenters. The van der Waals surface area contributed by atoms with Crippen molar-refractivity contribution >= 4 is 67.3 Å². The van der Waals surface area contributed by atoms with Crippen LogP contribution in [0, 0.1) is 0 Å². The van der Waals surface area contributed by atoms with Gasteiger partial charge in [0.25, 0.3) is 5.78 Å².